The van der Waals surface area contributed by atoms with E-state index in [0.717, 1.165) is 49.7 Å². The monoisotopic (exact) mass is 644 g/mol. The van der Waals surface area contributed by atoms with E-state index >= 15 is 0 Å². The van der Waals surface area contributed by atoms with Crippen LogP contribution < -0.4 is 22.1 Å². The molecule has 0 radical (unpaired) electrons. The number of hydrogen-bond acceptors (Lipinski definition) is 6. The van der Waals surface area contributed by atoms with Gasteiger partial charge in [-0.2, -0.15) is 0 Å². The Labute approximate surface area is 281 Å². The summed E-state index contributed by atoms with van der Waals surface area (Å²) in [5.74, 6) is 0.113. The van der Waals surface area contributed by atoms with Gasteiger partial charge < -0.3 is 31.9 Å². The summed E-state index contributed by atoms with van der Waals surface area (Å²) in [6, 6.07) is 19.1. The summed E-state index contributed by atoms with van der Waals surface area (Å²) < 4.78 is 0. The summed E-state index contributed by atoms with van der Waals surface area (Å²) in [4.78, 5) is 44.8. The van der Waals surface area contributed by atoms with Crippen LogP contribution in [0, 0.1) is 5.92 Å². The predicted octanol–water partition coefficient (Wildman–Crippen LogP) is 3.87. The molecule has 0 bridgehead atoms. The first-order chi connectivity index (χ1) is 22.7. The van der Waals surface area contributed by atoms with Crippen LogP contribution in [-0.4, -0.2) is 83.9 Å². The van der Waals surface area contributed by atoms with Gasteiger partial charge in [0.05, 0.1) is 6.04 Å². The van der Waals surface area contributed by atoms with Crippen molar-refractivity contribution in [3.8, 4) is 0 Å². The number of unbranched alkanes of at least 4 members (excludes halogenated alkanes) is 1. The van der Waals surface area contributed by atoms with Crippen LogP contribution in [-0.2, 0) is 20.8 Å². The molecule has 1 heterocycles. The second-order valence-electron chi connectivity index (χ2n) is 13.7. The molecular formula is C38H56N6O3. The first-order valence-electron chi connectivity index (χ1n) is 17.6. The van der Waals surface area contributed by atoms with Crippen molar-refractivity contribution < 1.29 is 14.4 Å². The van der Waals surface area contributed by atoms with Crippen molar-refractivity contribution in [2.75, 3.05) is 26.2 Å². The number of amides is 3. The van der Waals surface area contributed by atoms with Gasteiger partial charge in [-0.1, -0.05) is 74.5 Å². The fourth-order valence-corrected chi connectivity index (χ4v) is 6.47. The largest absolute Gasteiger partial charge is 0.343 e. The third-order valence-corrected chi connectivity index (χ3v) is 9.13. The molecule has 3 unspecified atom stereocenters. The second-order valence-corrected chi connectivity index (χ2v) is 13.7. The number of likely N-dealkylation sites (tertiary alicyclic amines) is 1. The smallest absolute Gasteiger partial charge is 0.247 e. The lowest BCUT2D eigenvalue weighted by molar-refractivity contribution is -0.139. The van der Waals surface area contributed by atoms with E-state index in [0.29, 0.717) is 45.4 Å². The van der Waals surface area contributed by atoms with Crippen LogP contribution in [0.3, 0.4) is 0 Å². The Morgan fingerprint density at radius 2 is 1.55 bits per heavy atom. The summed E-state index contributed by atoms with van der Waals surface area (Å²) in [6.45, 7) is 6.35. The van der Waals surface area contributed by atoms with Crippen molar-refractivity contribution in [1.29, 1.82) is 0 Å². The number of carbonyl (C=O) groups is 3. The first-order valence-corrected chi connectivity index (χ1v) is 17.6. The molecule has 2 aromatic carbocycles. The minimum absolute atomic E-state index is 0.0419. The molecule has 1 saturated carbocycles. The zero-order valence-electron chi connectivity index (χ0n) is 28.4. The number of hydrogen-bond donors (Lipinski definition) is 4. The molecular weight excluding hydrogens is 588 g/mol. The van der Waals surface area contributed by atoms with Crippen molar-refractivity contribution in [1.82, 2.24) is 20.4 Å². The number of nitrogens with one attached hydrogen (secondary N) is 2. The maximum atomic E-state index is 13.9. The van der Waals surface area contributed by atoms with E-state index in [1.165, 1.54) is 0 Å². The van der Waals surface area contributed by atoms with E-state index in [2.05, 4.69) is 36.6 Å². The lowest BCUT2D eigenvalue weighted by Gasteiger charge is -2.39. The molecule has 3 amide bonds. The van der Waals surface area contributed by atoms with Crippen molar-refractivity contribution in [2.24, 2.45) is 17.4 Å². The second kappa shape index (κ2) is 18.7. The summed E-state index contributed by atoms with van der Waals surface area (Å²) in [6.07, 6.45) is 10.5. The summed E-state index contributed by atoms with van der Waals surface area (Å²) in [5, 5.41) is 6.52. The van der Waals surface area contributed by atoms with Crippen molar-refractivity contribution in [3.05, 3.63) is 77.9 Å². The van der Waals surface area contributed by atoms with Crippen LogP contribution >= 0.6 is 0 Å². The van der Waals surface area contributed by atoms with Crippen LogP contribution in [0.2, 0.25) is 0 Å². The molecule has 9 nitrogen and oxygen atoms in total. The van der Waals surface area contributed by atoms with Crippen LogP contribution in [0.1, 0.15) is 76.3 Å². The standard InChI is InChI=1S/C38H56N6O3/c1-28(2)25-35(41-27-31(40)26-30-13-7-4-8-14-30)37(46)42-34(15-9-10-22-39)38(47)43-23-20-33(21-24-43)44(32-17-18-32)36(45)19-16-29-11-5-3-6-12-29/h3-8,11-14,16,19,28,31-35,41H,9-10,15,17-18,20-27,39-40H2,1-2H3,(H,42,46). The molecule has 6 N–H and O–H groups in total. The van der Waals surface area contributed by atoms with Crippen LogP contribution in [0.5, 0.6) is 0 Å². The molecule has 4 rings (SSSR count). The number of carbonyl (C=O) groups excluding carboxylic acids is 3. The van der Waals surface area contributed by atoms with E-state index in [1.807, 2.05) is 64.4 Å². The van der Waals surface area contributed by atoms with E-state index in [4.69, 9.17) is 11.5 Å². The Bertz CT molecular complexity index is 1270. The van der Waals surface area contributed by atoms with E-state index in [9.17, 15) is 14.4 Å². The highest BCUT2D eigenvalue weighted by Gasteiger charge is 2.39. The number of rotatable bonds is 18. The number of nitrogens with two attached hydrogens (primary N) is 2. The molecule has 3 atom stereocenters. The molecule has 1 aliphatic heterocycles. The van der Waals surface area contributed by atoms with Gasteiger partial charge in [0.1, 0.15) is 6.04 Å². The minimum Gasteiger partial charge on any atom is -0.343 e. The Balaban J connectivity index is 1.34. The highest BCUT2D eigenvalue weighted by molar-refractivity contribution is 5.92. The zero-order chi connectivity index (χ0) is 33.6. The van der Waals surface area contributed by atoms with Gasteiger partial charge >= 0.3 is 0 Å². The molecule has 1 saturated heterocycles. The highest BCUT2D eigenvalue weighted by Crippen LogP contribution is 2.32. The van der Waals surface area contributed by atoms with Gasteiger partial charge in [0.15, 0.2) is 0 Å². The first kappa shape index (κ1) is 36.3. The maximum Gasteiger partial charge on any atom is 0.247 e. The zero-order valence-corrected chi connectivity index (χ0v) is 28.4. The van der Waals surface area contributed by atoms with Crippen LogP contribution in [0.4, 0.5) is 0 Å². The van der Waals surface area contributed by atoms with Gasteiger partial charge in [0, 0.05) is 43.8 Å². The molecule has 2 aliphatic rings. The summed E-state index contributed by atoms with van der Waals surface area (Å²) in [5.41, 5.74) is 14.4. The number of nitrogens with zero attached hydrogens (tertiary/aromatic N) is 2. The average molecular weight is 645 g/mol. The van der Waals surface area contributed by atoms with E-state index in [1.54, 1.807) is 6.08 Å². The molecule has 9 heteroatoms. The topological polar surface area (TPSA) is 134 Å². The molecule has 0 spiro atoms. The quantitative estimate of drug-likeness (QED) is 0.144. The highest BCUT2D eigenvalue weighted by atomic mass is 16.2. The molecule has 47 heavy (non-hydrogen) atoms. The molecule has 0 aromatic heterocycles. The SMILES string of the molecule is CC(C)CC(NCC(N)Cc1ccccc1)C(=O)NC(CCCCN)C(=O)N1CCC(N(C(=O)C=Cc2ccccc2)C2CC2)CC1. The Morgan fingerprint density at radius 1 is 0.915 bits per heavy atom. The summed E-state index contributed by atoms with van der Waals surface area (Å²) in [7, 11) is 0. The lowest BCUT2D eigenvalue weighted by atomic mass is 9.99. The van der Waals surface area contributed by atoms with Crippen molar-refractivity contribution in [3.63, 3.8) is 0 Å². The number of piperidine rings is 1. The Kier molecular flexibility index (Phi) is 14.5. The van der Waals surface area contributed by atoms with Gasteiger partial charge in [-0.15, -0.1) is 0 Å². The van der Waals surface area contributed by atoms with Gasteiger partial charge in [-0.3, -0.25) is 14.4 Å². The molecule has 256 valence electrons. The predicted molar refractivity (Wildman–Crippen MR) is 189 cm³/mol. The van der Waals surface area contributed by atoms with E-state index < -0.39 is 12.1 Å². The Hall–Kier alpha value is -3.53. The van der Waals surface area contributed by atoms with E-state index in [-0.39, 0.29) is 41.8 Å². The van der Waals surface area contributed by atoms with Gasteiger partial charge in [-0.05, 0) is 87.5 Å². The van der Waals surface area contributed by atoms with Crippen molar-refractivity contribution in [2.45, 2.75) is 102 Å². The van der Waals surface area contributed by atoms with Gasteiger partial charge in [0.2, 0.25) is 17.7 Å². The Morgan fingerprint density at radius 3 is 2.17 bits per heavy atom. The fourth-order valence-electron chi connectivity index (χ4n) is 6.47. The minimum atomic E-state index is -0.616. The van der Waals surface area contributed by atoms with Crippen molar-refractivity contribution >= 4 is 23.8 Å². The van der Waals surface area contributed by atoms with Gasteiger partial charge in [0.25, 0.3) is 0 Å². The van der Waals surface area contributed by atoms with Crippen LogP contribution in [0.15, 0.2) is 66.7 Å². The molecule has 2 aromatic rings. The third-order valence-electron chi connectivity index (χ3n) is 9.13. The average Bonchev–Trinajstić information content (AvgIpc) is 3.91. The third kappa shape index (κ3) is 11.9. The summed E-state index contributed by atoms with van der Waals surface area (Å²) >= 11 is 0. The molecule has 2 fully saturated rings. The maximum absolute atomic E-state index is 13.9. The van der Waals surface area contributed by atoms with Crippen LogP contribution in [0.25, 0.3) is 6.08 Å². The lowest BCUT2D eigenvalue weighted by Crippen LogP contribution is -2.57. The van der Waals surface area contributed by atoms with Gasteiger partial charge in [-0.25, -0.2) is 0 Å². The number of benzene rings is 2. The fraction of sp³-hybridized carbons (Fsp3) is 0.553. The molecule has 1 aliphatic carbocycles. The normalized spacial score (nSPS) is 17.4.